The van der Waals surface area contributed by atoms with Crippen LogP contribution in [0.5, 0.6) is 0 Å². The molecule has 0 aromatic carbocycles. The monoisotopic (exact) mass is 104 g/mol. The number of rotatable bonds is 1. The molecule has 4 nitrogen and oxygen atoms in total. The minimum Gasteiger partial charge on any atom is -0.295 e. The minimum atomic E-state index is -0.287. The first-order valence-electron chi connectivity index (χ1n) is 1.82. The maximum Gasteiger partial charge on any atom is 0.232 e. The lowest BCUT2D eigenvalue weighted by Gasteiger charge is -2.05. The summed E-state index contributed by atoms with van der Waals surface area (Å²) < 4.78 is 0. The lowest BCUT2D eigenvalue weighted by atomic mass is 10.8. The molecular weight excluding hydrogens is 96.0 g/mol. The van der Waals surface area contributed by atoms with E-state index in [-0.39, 0.29) is 5.91 Å². The molecule has 2 N–H and O–H groups in total. The van der Waals surface area contributed by atoms with Gasteiger partial charge in [-0.2, -0.15) is 0 Å². The van der Waals surface area contributed by atoms with Gasteiger partial charge >= 0.3 is 0 Å². The van der Waals surface area contributed by atoms with Crippen molar-refractivity contribution in [1.29, 1.82) is 0 Å². The van der Waals surface area contributed by atoms with Crippen molar-refractivity contribution in [2.45, 2.75) is 6.92 Å². The molecule has 0 aromatic rings. The van der Waals surface area contributed by atoms with Gasteiger partial charge in [0.15, 0.2) is 0 Å². The van der Waals surface area contributed by atoms with Crippen molar-refractivity contribution in [3.05, 3.63) is 0 Å². The fraction of sp³-hybridized carbons (Fsp3) is 0.667. The van der Waals surface area contributed by atoms with Gasteiger partial charge in [0, 0.05) is 14.0 Å². The molecule has 0 saturated heterocycles. The Morgan fingerprint density at radius 1 is 1.86 bits per heavy atom. The van der Waals surface area contributed by atoms with Crippen LogP contribution in [0.15, 0.2) is 0 Å². The average molecular weight is 104 g/mol. The molecule has 0 atom stereocenters. The van der Waals surface area contributed by atoms with Gasteiger partial charge in [0.25, 0.3) is 0 Å². The van der Waals surface area contributed by atoms with Crippen LogP contribution in [0.25, 0.3) is 0 Å². The fourth-order valence-corrected chi connectivity index (χ4v) is 0.228. The Hall–Kier alpha value is -0.610. The first kappa shape index (κ1) is 6.39. The third-order valence-electron chi connectivity index (χ3n) is 0.319. The average Bonchev–Trinajstić information content (AvgIpc) is 1.27. The lowest BCUT2D eigenvalue weighted by molar-refractivity contribution is -0.148. The van der Waals surface area contributed by atoms with Gasteiger partial charge in [-0.25, -0.2) is 0 Å². The zero-order valence-corrected chi connectivity index (χ0v) is 4.30. The van der Waals surface area contributed by atoms with Crippen molar-refractivity contribution in [3.8, 4) is 0 Å². The predicted molar refractivity (Wildman–Crippen MR) is 23.4 cm³/mol. The molecular formula is C3H8N2O2. The van der Waals surface area contributed by atoms with Crippen LogP contribution >= 0.6 is 0 Å². The summed E-state index contributed by atoms with van der Waals surface area (Å²) in [7, 11) is 1.32. The summed E-state index contributed by atoms with van der Waals surface area (Å²) in [4.78, 5) is 9.94. The van der Waals surface area contributed by atoms with Gasteiger partial charge in [0.2, 0.25) is 5.91 Å². The number of carbonyl (C=O) groups excluding carboxylic acids is 1. The van der Waals surface area contributed by atoms with Crippen LogP contribution in [0.1, 0.15) is 6.92 Å². The van der Waals surface area contributed by atoms with Gasteiger partial charge in [-0.05, 0) is 0 Å². The zero-order valence-electron chi connectivity index (χ0n) is 4.30. The second-order valence-corrected chi connectivity index (χ2v) is 1.19. The van der Waals surface area contributed by atoms with Crippen LogP contribution in [0.3, 0.4) is 0 Å². The number of nitrogens with zero attached hydrogens (tertiary/aromatic N) is 1. The fourth-order valence-electron chi connectivity index (χ4n) is 0.228. The number of nitrogens with one attached hydrogen (secondary N) is 1. The quantitative estimate of drug-likeness (QED) is 0.435. The maximum absolute atomic E-state index is 9.94. The highest BCUT2D eigenvalue weighted by Gasteiger charge is 1.88. The number of hydrazine groups is 1. The molecule has 42 valence electrons. The van der Waals surface area contributed by atoms with Crippen molar-refractivity contribution < 1.29 is 10.0 Å². The molecule has 0 aliphatic carbocycles. The summed E-state index contributed by atoms with van der Waals surface area (Å²) in [6, 6.07) is 0. The van der Waals surface area contributed by atoms with E-state index in [1.165, 1.54) is 14.0 Å². The largest absolute Gasteiger partial charge is 0.295 e. The highest BCUT2D eigenvalue weighted by molar-refractivity contribution is 5.72. The molecule has 0 aliphatic rings. The van der Waals surface area contributed by atoms with Gasteiger partial charge < -0.3 is 0 Å². The smallest absolute Gasteiger partial charge is 0.232 e. The molecule has 0 heterocycles. The van der Waals surface area contributed by atoms with Crippen molar-refractivity contribution in [3.63, 3.8) is 0 Å². The molecule has 1 amide bonds. The van der Waals surface area contributed by atoms with Crippen LogP contribution in [0, 0.1) is 0 Å². The minimum absolute atomic E-state index is 0.287. The molecule has 0 unspecified atom stereocenters. The van der Waals surface area contributed by atoms with Crippen LogP contribution < -0.4 is 5.43 Å². The third-order valence-corrected chi connectivity index (χ3v) is 0.319. The van der Waals surface area contributed by atoms with E-state index < -0.39 is 0 Å². The van der Waals surface area contributed by atoms with Crippen molar-refractivity contribution in [1.82, 2.24) is 10.6 Å². The molecule has 0 spiro atoms. The first-order valence-corrected chi connectivity index (χ1v) is 1.82. The van der Waals surface area contributed by atoms with E-state index in [2.05, 4.69) is 5.43 Å². The summed E-state index contributed by atoms with van der Waals surface area (Å²) >= 11 is 0. The van der Waals surface area contributed by atoms with Crippen LogP contribution in [-0.2, 0) is 4.79 Å². The van der Waals surface area contributed by atoms with E-state index in [1.807, 2.05) is 0 Å². The molecule has 0 bridgehead atoms. The maximum atomic E-state index is 9.94. The summed E-state index contributed by atoms with van der Waals surface area (Å²) in [5.41, 5.74) is 2.06. The molecule has 0 rings (SSSR count). The van der Waals surface area contributed by atoms with Gasteiger partial charge in [0.05, 0.1) is 0 Å². The van der Waals surface area contributed by atoms with Crippen molar-refractivity contribution in [2.24, 2.45) is 0 Å². The normalized spacial score (nSPS) is 9.14. The topological polar surface area (TPSA) is 52.6 Å². The molecule has 0 aliphatic heterocycles. The standard InChI is InChI=1S/C3H8N2O2/c1-3(6)4-5(2)7/h7H,1-2H3,(H,4,6). The highest BCUT2D eigenvalue weighted by Crippen LogP contribution is 1.60. The molecule has 0 radical (unpaired) electrons. The summed E-state index contributed by atoms with van der Waals surface area (Å²) in [5, 5.41) is 8.82. The Morgan fingerprint density at radius 3 is 2.29 bits per heavy atom. The third kappa shape index (κ3) is 5.39. The van der Waals surface area contributed by atoms with E-state index >= 15 is 0 Å². The second kappa shape index (κ2) is 2.54. The Balaban J connectivity index is 3.13. The van der Waals surface area contributed by atoms with Crippen LogP contribution in [0.4, 0.5) is 0 Å². The van der Waals surface area contributed by atoms with Gasteiger partial charge in [-0.1, -0.05) is 0 Å². The molecule has 0 aromatic heterocycles. The van der Waals surface area contributed by atoms with Crippen LogP contribution in [0.2, 0.25) is 0 Å². The van der Waals surface area contributed by atoms with Crippen molar-refractivity contribution in [2.75, 3.05) is 7.05 Å². The van der Waals surface area contributed by atoms with E-state index in [0.29, 0.717) is 5.17 Å². The van der Waals surface area contributed by atoms with Crippen LogP contribution in [-0.4, -0.2) is 23.3 Å². The summed E-state index contributed by atoms with van der Waals surface area (Å²) in [6.45, 7) is 1.31. The van der Waals surface area contributed by atoms with E-state index in [1.54, 1.807) is 0 Å². The van der Waals surface area contributed by atoms with Gasteiger partial charge in [0.1, 0.15) is 0 Å². The Kier molecular flexibility index (Phi) is 2.32. The van der Waals surface area contributed by atoms with Gasteiger partial charge in [-0.15, -0.1) is 5.17 Å². The van der Waals surface area contributed by atoms with E-state index in [0.717, 1.165) is 0 Å². The Labute approximate surface area is 41.7 Å². The van der Waals surface area contributed by atoms with E-state index in [4.69, 9.17) is 5.21 Å². The molecule has 4 heteroatoms. The second-order valence-electron chi connectivity index (χ2n) is 1.19. The number of hydrogen-bond acceptors (Lipinski definition) is 3. The zero-order chi connectivity index (χ0) is 5.86. The SMILES string of the molecule is CC(=O)NN(C)O. The lowest BCUT2D eigenvalue weighted by Crippen LogP contribution is -2.34. The number of amides is 1. The number of hydroxylamine groups is 1. The van der Waals surface area contributed by atoms with Gasteiger partial charge in [-0.3, -0.25) is 15.4 Å². The summed E-state index contributed by atoms with van der Waals surface area (Å²) in [5.74, 6) is -0.287. The van der Waals surface area contributed by atoms with E-state index in [9.17, 15) is 4.79 Å². The highest BCUT2D eigenvalue weighted by atomic mass is 16.5. The number of carbonyl (C=O) groups is 1. The Bertz CT molecular complexity index is 71.3. The number of hydrogen-bond donors (Lipinski definition) is 2. The molecule has 0 saturated carbocycles. The summed E-state index contributed by atoms with van der Waals surface area (Å²) in [6.07, 6.45) is 0. The Morgan fingerprint density at radius 2 is 2.29 bits per heavy atom. The van der Waals surface area contributed by atoms with Crippen molar-refractivity contribution >= 4 is 5.91 Å². The first-order chi connectivity index (χ1) is 3.13. The predicted octanol–water partition coefficient (Wildman–Crippen LogP) is -0.642. The molecule has 7 heavy (non-hydrogen) atoms. The molecule has 0 fully saturated rings.